The normalized spacial score (nSPS) is 13.7. The van der Waals surface area contributed by atoms with E-state index in [0.717, 1.165) is 93.0 Å². The molecule has 0 aliphatic carbocycles. The number of nitrogens with zero attached hydrogens (tertiary/aromatic N) is 3. The zero-order valence-corrected chi connectivity index (χ0v) is 41.1. The van der Waals surface area contributed by atoms with Gasteiger partial charge in [0.2, 0.25) is 0 Å². The SMILES string of the molecule is [2H]C([2H])([2H])c1ccccc1-c1cc(-c2cc3c4c(c2)Sc2cc(N(c5ccccc5)c5ccccc5)ccc2B4c2ccc(-c4cc(C#N)ccc4-n4c5ccccc5c5ccccc54)cc2O3)cc(-c2ccccc2C([2H])([2H])[2H])c1. The lowest BCUT2D eigenvalue weighted by atomic mass is 9.35. The van der Waals surface area contributed by atoms with Crippen molar-refractivity contribution in [2.45, 2.75) is 23.5 Å². The van der Waals surface area contributed by atoms with Crippen molar-refractivity contribution in [3.05, 3.63) is 259 Å². The van der Waals surface area contributed by atoms with E-state index in [1.807, 2.05) is 72.8 Å². The molecule has 0 amide bonds. The average Bonchev–Trinajstić information content (AvgIpc) is 3.69. The molecule has 352 valence electrons. The Bertz CT molecular complexity index is 4380. The van der Waals surface area contributed by atoms with Gasteiger partial charge in [0.1, 0.15) is 11.5 Å². The number of rotatable bonds is 8. The number of benzene rings is 11. The van der Waals surface area contributed by atoms with Gasteiger partial charge < -0.3 is 14.2 Å². The van der Waals surface area contributed by atoms with E-state index in [2.05, 4.69) is 161 Å². The van der Waals surface area contributed by atoms with Crippen LogP contribution in [0.1, 0.15) is 24.9 Å². The van der Waals surface area contributed by atoms with Crippen LogP contribution in [0.3, 0.4) is 0 Å². The molecule has 0 saturated carbocycles. The largest absolute Gasteiger partial charge is 0.458 e. The fraction of sp³-hybridized carbons (Fsp3) is 0.0290. The van der Waals surface area contributed by atoms with Crippen molar-refractivity contribution in [1.29, 1.82) is 5.26 Å². The van der Waals surface area contributed by atoms with E-state index in [1.165, 1.54) is 0 Å². The number of aryl methyl sites for hydroxylation is 2. The summed E-state index contributed by atoms with van der Waals surface area (Å²) in [6.07, 6.45) is 0. The molecule has 12 aromatic rings. The van der Waals surface area contributed by atoms with Crippen LogP contribution in [0.2, 0.25) is 0 Å². The average molecular weight is 982 g/mol. The van der Waals surface area contributed by atoms with Crippen molar-refractivity contribution in [1.82, 2.24) is 4.57 Å². The Morgan fingerprint density at radius 2 is 1.04 bits per heavy atom. The van der Waals surface area contributed by atoms with Crippen LogP contribution < -0.4 is 26.0 Å². The standard InChI is InChI=1S/C69H46BN3OS/c1-44-17-9-11-23-55(44)50-36-48(37-51(38-50)56-24-12-10-18-45(56)2)49-40-66-69-68(41-49)75-67-42-54(72(52-19-5-3-6-20-52)53-21-7-4-8-22-53)31-33-61(67)70(69)60-32-30-47(39-65(60)74-66)59-35-46(43-71)29-34-64(59)73-62-27-15-13-25-57(62)58-26-14-16-28-63(58)73/h3-42H,1-2H3/i1D3,2D3. The third-order valence-corrected chi connectivity index (χ3v) is 15.9. The maximum Gasteiger partial charge on any atom is 0.253 e. The molecule has 0 bridgehead atoms. The summed E-state index contributed by atoms with van der Waals surface area (Å²) in [5, 5.41) is 12.7. The molecule has 11 aromatic carbocycles. The Kier molecular flexibility index (Phi) is 9.22. The molecule has 0 N–H and O–H groups in total. The third-order valence-electron chi connectivity index (χ3n) is 14.8. The van der Waals surface area contributed by atoms with Gasteiger partial charge in [0.15, 0.2) is 0 Å². The summed E-state index contributed by atoms with van der Waals surface area (Å²) in [5.74, 6) is 1.34. The molecule has 1 aromatic heterocycles. The molecular formula is C69H46BN3OS. The molecular weight excluding hydrogens is 930 g/mol. The highest BCUT2D eigenvalue weighted by atomic mass is 32.2. The van der Waals surface area contributed by atoms with Gasteiger partial charge in [0.05, 0.1) is 28.4 Å². The maximum atomic E-state index is 10.4. The summed E-state index contributed by atoms with van der Waals surface area (Å²) in [4.78, 5) is 4.34. The van der Waals surface area contributed by atoms with Crippen LogP contribution in [-0.4, -0.2) is 11.3 Å². The number of para-hydroxylation sites is 4. The number of ether oxygens (including phenoxy) is 1. The zero-order chi connectivity index (χ0) is 55.1. The molecule has 75 heavy (non-hydrogen) atoms. The second-order valence-electron chi connectivity index (χ2n) is 19.1. The Labute approximate surface area is 449 Å². The van der Waals surface area contributed by atoms with E-state index in [9.17, 15) is 5.26 Å². The Morgan fingerprint density at radius 3 is 1.69 bits per heavy atom. The van der Waals surface area contributed by atoms with Crippen LogP contribution >= 0.6 is 11.8 Å². The highest BCUT2D eigenvalue weighted by molar-refractivity contribution is 8.00. The topological polar surface area (TPSA) is 41.2 Å². The van der Waals surface area contributed by atoms with E-state index in [1.54, 1.807) is 36.0 Å². The van der Waals surface area contributed by atoms with E-state index >= 15 is 0 Å². The number of hydrogen-bond donors (Lipinski definition) is 0. The van der Waals surface area contributed by atoms with Gasteiger partial charge in [-0.3, -0.25) is 0 Å². The lowest BCUT2D eigenvalue weighted by Gasteiger charge is -2.34. The Balaban J connectivity index is 0.989. The minimum absolute atomic E-state index is 0.195. The lowest BCUT2D eigenvalue weighted by Crippen LogP contribution is -2.57. The molecule has 2 aliphatic rings. The molecule has 0 atom stereocenters. The first-order chi connectivity index (χ1) is 39.4. The van der Waals surface area contributed by atoms with Crippen LogP contribution in [0.25, 0.3) is 72.0 Å². The van der Waals surface area contributed by atoms with E-state index in [0.29, 0.717) is 39.3 Å². The van der Waals surface area contributed by atoms with Gasteiger partial charge in [-0.15, -0.1) is 0 Å². The maximum absolute atomic E-state index is 10.4. The van der Waals surface area contributed by atoms with Crippen LogP contribution in [0.15, 0.2) is 252 Å². The predicted octanol–water partition coefficient (Wildman–Crippen LogP) is 16.5. The van der Waals surface area contributed by atoms with Gasteiger partial charge in [-0.2, -0.15) is 5.26 Å². The highest BCUT2D eigenvalue weighted by Gasteiger charge is 2.40. The Hall–Kier alpha value is -9.28. The number of hydrogen-bond acceptors (Lipinski definition) is 4. The first kappa shape index (κ1) is 38.4. The van der Waals surface area contributed by atoms with Crippen LogP contribution in [0.4, 0.5) is 17.1 Å². The number of nitriles is 1. The summed E-state index contributed by atoms with van der Waals surface area (Å²) >= 11 is 1.69. The number of aromatic nitrogens is 1. The molecule has 2 aliphatic heterocycles. The van der Waals surface area contributed by atoms with Crippen molar-refractivity contribution >= 4 is 73.7 Å². The van der Waals surface area contributed by atoms with Crippen molar-refractivity contribution in [2.24, 2.45) is 0 Å². The molecule has 0 fully saturated rings. The van der Waals surface area contributed by atoms with Gasteiger partial charge in [-0.05, 0) is 178 Å². The van der Waals surface area contributed by atoms with Gasteiger partial charge in [0.25, 0.3) is 6.71 Å². The monoisotopic (exact) mass is 981 g/mol. The number of anilines is 3. The quantitative estimate of drug-likeness (QED) is 0.142. The van der Waals surface area contributed by atoms with Gasteiger partial charge in [-0.25, -0.2) is 0 Å². The minimum atomic E-state index is -2.42. The smallest absolute Gasteiger partial charge is 0.253 e. The fourth-order valence-electron chi connectivity index (χ4n) is 11.3. The minimum Gasteiger partial charge on any atom is -0.458 e. The first-order valence-corrected chi connectivity index (χ1v) is 25.8. The molecule has 0 unspecified atom stereocenters. The molecule has 14 rings (SSSR count). The van der Waals surface area contributed by atoms with Crippen LogP contribution in [-0.2, 0) is 0 Å². The molecule has 3 heterocycles. The van der Waals surface area contributed by atoms with E-state index in [-0.39, 0.29) is 17.8 Å². The second-order valence-corrected chi connectivity index (χ2v) is 20.2. The predicted molar refractivity (Wildman–Crippen MR) is 313 cm³/mol. The summed E-state index contributed by atoms with van der Waals surface area (Å²) in [5.41, 5.74) is 15.8. The van der Waals surface area contributed by atoms with Crippen LogP contribution in [0.5, 0.6) is 11.5 Å². The molecule has 4 nitrogen and oxygen atoms in total. The van der Waals surface area contributed by atoms with Crippen molar-refractivity contribution in [3.8, 4) is 67.8 Å². The fourth-order valence-corrected chi connectivity index (χ4v) is 12.6. The lowest BCUT2D eigenvalue weighted by molar-refractivity contribution is 0.486. The van der Waals surface area contributed by atoms with Crippen molar-refractivity contribution < 1.29 is 13.0 Å². The Morgan fingerprint density at radius 1 is 0.467 bits per heavy atom. The van der Waals surface area contributed by atoms with Crippen molar-refractivity contribution in [3.63, 3.8) is 0 Å². The highest BCUT2D eigenvalue weighted by Crippen LogP contribution is 2.45. The van der Waals surface area contributed by atoms with Gasteiger partial charge in [0, 0.05) is 51.4 Å². The van der Waals surface area contributed by atoms with Crippen LogP contribution in [0, 0.1) is 25.0 Å². The molecule has 0 radical (unpaired) electrons. The van der Waals surface area contributed by atoms with Gasteiger partial charge >= 0.3 is 0 Å². The number of fused-ring (bicyclic) bond motifs is 7. The molecule has 0 spiro atoms. The summed E-state index contributed by atoms with van der Waals surface area (Å²) in [7, 11) is 0. The van der Waals surface area contributed by atoms with E-state index < -0.39 is 13.7 Å². The second kappa shape index (κ2) is 18.0. The molecule has 0 saturated heterocycles. The zero-order valence-electron chi connectivity index (χ0n) is 46.3. The van der Waals surface area contributed by atoms with Crippen molar-refractivity contribution in [2.75, 3.05) is 4.90 Å². The summed E-state index contributed by atoms with van der Waals surface area (Å²) < 4.78 is 61.0. The summed E-state index contributed by atoms with van der Waals surface area (Å²) in [6, 6.07) is 83.2. The first-order valence-electron chi connectivity index (χ1n) is 28.0. The van der Waals surface area contributed by atoms with E-state index in [4.69, 9.17) is 13.0 Å². The molecule has 6 heteroatoms. The van der Waals surface area contributed by atoms with Gasteiger partial charge in [-0.1, -0.05) is 157 Å². The third kappa shape index (κ3) is 7.54. The summed E-state index contributed by atoms with van der Waals surface area (Å²) in [6.45, 7) is -5.09.